The number of rotatable bonds is 15. The lowest BCUT2D eigenvalue weighted by molar-refractivity contribution is -0.142. The van der Waals surface area contributed by atoms with Gasteiger partial charge in [0, 0.05) is 32.4 Å². The summed E-state index contributed by atoms with van der Waals surface area (Å²) >= 11 is 0. The Hall–Kier alpha value is -3.18. The summed E-state index contributed by atoms with van der Waals surface area (Å²) in [6.07, 6.45) is 2.83. The topological polar surface area (TPSA) is 188 Å². The van der Waals surface area contributed by atoms with Crippen molar-refractivity contribution in [1.29, 1.82) is 0 Å². The molecule has 1 rings (SSSR count). The molecule has 6 amide bonds. The molecule has 0 radical (unpaired) electrons. The third-order valence-electron chi connectivity index (χ3n) is 5.29. The molecule has 2 atom stereocenters. The zero-order valence-electron chi connectivity index (χ0n) is 19.2. The molecule has 33 heavy (non-hydrogen) atoms. The lowest BCUT2D eigenvalue weighted by Gasteiger charge is -2.24. The number of likely N-dealkylation sites (tertiary alicyclic amines) is 1. The van der Waals surface area contributed by atoms with Crippen molar-refractivity contribution in [2.45, 2.75) is 77.3 Å². The van der Waals surface area contributed by atoms with Gasteiger partial charge in [0.15, 0.2) is 0 Å². The molecular formula is C21H35N5O7. The smallest absolute Gasteiger partial charge is 0.326 e. The van der Waals surface area contributed by atoms with E-state index in [1.54, 1.807) is 13.8 Å². The number of carboxylic acids is 1. The zero-order chi connectivity index (χ0) is 25.0. The minimum absolute atomic E-state index is 0.0855. The molecule has 0 unspecified atom stereocenters. The quantitative estimate of drug-likeness (QED) is 0.163. The van der Waals surface area contributed by atoms with Crippen molar-refractivity contribution in [1.82, 2.24) is 20.9 Å². The van der Waals surface area contributed by atoms with Gasteiger partial charge in [0.05, 0.1) is 0 Å². The highest BCUT2D eigenvalue weighted by Gasteiger charge is 2.29. The predicted octanol–water partition coefficient (Wildman–Crippen LogP) is -0.145. The number of aliphatic carboxylic acids is 1. The van der Waals surface area contributed by atoms with Crippen LogP contribution in [0.5, 0.6) is 0 Å². The number of urea groups is 1. The summed E-state index contributed by atoms with van der Waals surface area (Å²) in [5, 5.41) is 16.8. The summed E-state index contributed by atoms with van der Waals surface area (Å²) in [5.74, 6) is -2.74. The number of amides is 6. The van der Waals surface area contributed by atoms with Gasteiger partial charge in [0.2, 0.25) is 23.6 Å². The molecule has 186 valence electrons. The van der Waals surface area contributed by atoms with Gasteiger partial charge in [-0.1, -0.05) is 20.3 Å². The minimum Gasteiger partial charge on any atom is -0.480 e. The number of imide groups is 1. The van der Waals surface area contributed by atoms with Crippen molar-refractivity contribution in [3.63, 3.8) is 0 Å². The number of carbonyl (C=O) groups excluding carboxylic acids is 5. The molecule has 1 saturated heterocycles. The molecule has 12 nitrogen and oxygen atoms in total. The molecule has 12 heteroatoms. The standard InChI is InChI=1S/C21H35N5O7/c1-13(2)18(19(30)24-14(20(31)32)7-6-11-23-21(22)33)25-15(27)8-4-3-5-12-26-16(28)9-10-17(26)29/h13-14,18H,3-12H2,1-2H3,(H,24,30)(H,25,27)(H,31,32)(H3,22,23,33)/t14-,18-/m0/s1. The summed E-state index contributed by atoms with van der Waals surface area (Å²) in [5.41, 5.74) is 4.95. The molecule has 0 aromatic carbocycles. The third-order valence-corrected chi connectivity index (χ3v) is 5.29. The summed E-state index contributed by atoms with van der Waals surface area (Å²) in [4.78, 5) is 71.4. The Kier molecular flexibility index (Phi) is 11.9. The first kappa shape index (κ1) is 27.9. The molecule has 1 fully saturated rings. The normalized spacial score (nSPS) is 15.3. The minimum atomic E-state index is -1.22. The van der Waals surface area contributed by atoms with Crippen molar-refractivity contribution in [3.8, 4) is 0 Å². The molecule has 0 saturated carbocycles. The van der Waals surface area contributed by atoms with Crippen LogP contribution in [-0.4, -0.2) is 70.8 Å². The van der Waals surface area contributed by atoms with E-state index in [2.05, 4.69) is 16.0 Å². The maximum absolute atomic E-state index is 12.6. The lowest BCUT2D eigenvalue weighted by Crippen LogP contribution is -2.53. The maximum Gasteiger partial charge on any atom is 0.326 e. The Morgan fingerprint density at radius 3 is 2.18 bits per heavy atom. The second kappa shape index (κ2) is 14.1. The van der Waals surface area contributed by atoms with Gasteiger partial charge in [-0.05, 0) is 31.6 Å². The summed E-state index contributed by atoms with van der Waals surface area (Å²) in [6.45, 7) is 4.00. The van der Waals surface area contributed by atoms with Gasteiger partial charge in [-0.15, -0.1) is 0 Å². The monoisotopic (exact) mass is 469 g/mol. The molecule has 6 N–H and O–H groups in total. The Labute approximate surface area is 193 Å². The van der Waals surface area contributed by atoms with Crippen LogP contribution in [-0.2, 0) is 24.0 Å². The summed E-state index contributed by atoms with van der Waals surface area (Å²) in [6, 6.07) is -2.78. The van der Waals surface area contributed by atoms with Gasteiger partial charge >= 0.3 is 12.0 Å². The molecule has 0 bridgehead atoms. The van der Waals surface area contributed by atoms with E-state index in [-0.39, 0.29) is 55.9 Å². The second-order valence-corrected chi connectivity index (χ2v) is 8.37. The average Bonchev–Trinajstić information content (AvgIpc) is 3.05. The first-order valence-electron chi connectivity index (χ1n) is 11.2. The fourth-order valence-electron chi connectivity index (χ4n) is 3.42. The van der Waals surface area contributed by atoms with Gasteiger partial charge in [-0.3, -0.25) is 24.1 Å². The molecule has 1 heterocycles. The van der Waals surface area contributed by atoms with Crippen LogP contribution in [0.15, 0.2) is 0 Å². The Morgan fingerprint density at radius 1 is 1.00 bits per heavy atom. The number of hydrogen-bond donors (Lipinski definition) is 5. The number of nitrogens with one attached hydrogen (secondary N) is 3. The highest BCUT2D eigenvalue weighted by atomic mass is 16.4. The maximum atomic E-state index is 12.6. The Bertz CT molecular complexity index is 725. The van der Waals surface area contributed by atoms with Crippen LogP contribution in [0.3, 0.4) is 0 Å². The molecule has 1 aliphatic rings. The first-order chi connectivity index (χ1) is 15.5. The van der Waals surface area contributed by atoms with Gasteiger partial charge in [-0.2, -0.15) is 0 Å². The van der Waals surface area contributed by atoms with Crippen molar-refractivity contribution in [3.05, 3.63) is 0 Å². The van der Waals surface area contributed by atoms with Crippen LogP contribution in [0.2, 0.25) is 0 Å². The number of carbonyl (C=O) groups is 6. The van der Waals surface area contributed by atoms with E-state index in [1.807, 2.05) is 0 Å². The van der Waals surface area contributed by atoms with Gasteiger partial charge in [0.25, 0.3) is 0 Å². The van der Waals surface area contributed by atoms with Gasteiger partial charge < -0.3 is 26.8 Å². The summed E-state index contributed by atoms with van der Waals surface area (Å²) in [7, 11) is 0. The lowest BCUT2D eigenvalue weighted by atomic mass is 10.0. The average molecular weight is 470 g/mol. The fourth-order valence-corrected chi connectivity index (χ4v) is 3.42. The van der Waals surface area contributed by atoms with E-state index in [0.717, 1.165) is 0 Å². The molecule has 0 aromatic heterocycles. The number of nitrogens with zero attached hydrogens (tertiary/aromatic N) is 1. The zero-order valence-corrected chi connectivity index (χ0v) is 19.2. The number of unbranched alkanes of at least 4 members (excludes halogenated alkanes) is 2. The SMILES string of the molecule is CC(C)[C@H](NC(=O)CCCCCN1C(=O)CCC1=O)C(=O)N[C@@H](CCCNC(N)=O)C(=O)O. The number of nitrogens with two attached hydrogens (primary N) is 1. The fraction of sp³-hybridized carbons (Fsp3) is 0.714. The van der Waals surface area contributed by atoms with E-state index in [4.69, 9.17) is 5.73 Å². The predicted molar refractivity (Wildman–Crippen MR) is 118 cm³/mol. The van der Waals surface area contributed by atoms with Crippen molar-refractivity contribution < 1.29 is 33.9 Å². The Balaban J connectivity index is 2.42. The van der Waals surface area contributed by atoms with Gasteiger partial charge in [0.1, 0.15) is 12.1 Å². The van der Waals surface area contributed by atoms with E-state index in [1.165, 1.54) is 4.90 Å². The second-order valence-electron chi connectivity index (χ2n) is 8.37. The third kappa shape index (κ3) is 10.3. The van der Waals surface area contributed by atoms with E-state index < -0.39 is 30.0 Å². The van der Waals surface area contributed by atoms with Crippen molar-refractivity contribution in [2.75, 3.05) is 13.1 Å². The van der Waals surface area contributed by atoms with E-state index >= 15 is 0 Å². The van der Waals surface area contributed by atoms with E-state index in [0.29, 0.717) is 32.2 Å². The highest BCUT2D eigenvalue weighted by molar-refractivity contribution is 6.01. The number of carboxylic acid groups (broad SMARTS) is 1. The first-order valence-corrected chi connectivity index (χ1v) is 11.2. The van der Waals surface area contributed by atoms with Gasteiger partial charge in [-0.25, -0.2) is 9.59 Å². The molecule has 0 aliphatic carbocycles. The molecular weight excluding hydrogens is 434 g/mol. The van der Waals surface area contributed by atoms with Crippen LogP contribution >= 0.6 is 0 Å². The van der Waals surface area contributed by atoms with E-state index in [9.17, 15) is 33.9 Å². The Morgan fingerprint density at radius 2 is 1.64 bits per heavy atom. The van der Waals surface area contributed by atoms with Crippen LogP contribution in [0.25, 0.3) is 0 Å². The molecule has 0 spiro atoms. The van der Waals surface area contributed by atoms with Crippen LogP contribution in [0, 0.1) is 5.92 Å². The number of hydrogen-bond acceptors (Lipinski definition) is 6. The summed E-state index contributed by atoms with van der Waals surface area (Å²) < 4.78 is 0. The number of primary amides is 1. The van der Waals surface area contributed by atoms with Crippen LogP contribution in [0.1, 0.15) is 65.2 Å². The van der Waals surface area contributed by atoms with Crippen molar-refractivity contribution in [2.24, 2.45) is 11.7 Å². The van der Waals surface area contributed by atoms with Crippen LogP contribution in [0.4, 0.5) is 4.79 Å². The largest absolute Gasteiger partial charge is 0.480 e. The highest BCUT2D eigenvalue weighted by Crippen LogP contribution is 2.13. The molecule has 1 aliphatic heterocycles. The van der Waals surface area contributed by atoms with Crippen LogP contribution < -0.4 is 21.7 Å². The van der Waals surface area contributed by atoms with Crippen molar-refractivity contribution >= 4 is 35.6 Å². The molecule has 0 aromatic rings.